The molecule has 1 aliphatic carbocycles. The molecule has 1 saturated carbocycles. The summed E-state index contributed by atoms with van der Waals surface area (Å²) in [6, 6.07) is 12.9. The monoisotopic (exact) mass is 481 g/mol. The normalized spacial score (nSPS) is 22.6. The first kappa shape index (κ1) is 23.3. The van der Waals surface area contributed by atoms with Gasteiger partial charge in [-0.25, -0.2) is 8.78 Å². The number of carbonyl (C=O) groups is 2. The minimum atomic E-state index is -1.29. The number of amides is 2. The van der Waals surface area contributed by atoms with Crippen LogP contribution in [-0.2, 0) is 9.59 Å². The number of likely N-dealkylation sites (tertiary alicyclic amines) is 1. The molecule has 2 fully saturated rings. The van der Waals surface area contributed by atoms with Crippen LogP contribution in [0.2, 0.25) is 0 Å². The fourth-order valence-electron chi connectivity index (χ4n) is 4.96. The van der Waals surface area contributed by atoms with Gasteiger partial charge in [-0.15, -0.1) is 0 Å². The van der Waals surface area contributed by atoms with Gasteiger partial charge < -0.3 is 21.1 Å². The van der Waals surface area contributed by atoms with E-state index in [0.29, 0.717) is 16.8 Å². The van der Waals surface area contributed by atoms with Crippen LogP contribution in [0.1, 0.15) is 60.8 Å². The lowest BCUT2D eigenvalue weighted by molar-refractivity contribution is -0.138. The van der Waals surface area contributed by atoms with Crippen molar-refractivity contribution >= 4 is 11.8 Å². The van der Waals surface area contributed by atoms with E-state index in [0.717, 1.165) is 24.8 Å². The molecule has 2 aliphatic heterocycles. The highest BCUT2D eigenvalue weighted by Gasteiger charge is 2.40. The quantitative estimate of drug-likeness (QED) is 0.489. The predicted octanol–water partition coefficient (Wildman–Crippen LogP) is 3.08. The van der Waals surface area contributed by atoms with Crippen molar-refractivity contribution in [1.29, 1.82) is 0 Å². The molecule has 0 spiro atoms. The van der Waals surface area contributed by atoms with Crippen LogP contribution in [0.15, 0.2) is 60.4 Å². The molecule has 0 bridgehead atoms. The molecule has 2 heterocycles. The minimum Gasteiger partial charge on any atom is -0.343 e. The fraction of sp³-hybridized carbons (Fsp3) is 0.385. The molecule has 1 saturated heterocycles. The number of carbonyl (C=O) groups excluding carboxylic acids is 2. The van der Waals surface area contributed by atoms with Crippen LogP contribution in [0.4, 0.5) is 8.78 Å². The third-order valence-electron chi connectivity index (χ3n) is 7.08. The molecule has 0 radical (unpaired) electrons. The summed E-state index contributed by atoms with van der Waals surface area (Å²) in [7, 11) is 0. The molecule has 2 aromatic carbocycles. The highest BCUT2D eigenvalue weighted by atomic mass is 19.1. The van der Waals surface area contributed by atoms with Crippen molar-refractivity contribution in [2.24, 2.45) is 0 Å². The van der Waals surface area contributed by atoms with E-state index in [1.165, 1.54) is 11.0 Å². The Bertz CT molecular complexity index is 1120. The Kier molecular flexibility index (Phi) is 6.68. The van der Waals surface area contributed by atoms with Crippen LogP contribution in [0.25, 0.3) is 0 Å². The largest absolute Gasteiger partial charge is 0.343 e. The van der Waals surface area contributed by atoms with Crippen molar-refractivity contribution in [1.82, 2.24) is 26.6 Å². The van der Waals surface area contributed by atoms with E-state index in [4.69, 9.17) is 0 Å². The van der Waals surface area contributed by atoms with Gasteiger partial charge in [0, 0.05) is 12.6 Å². The standard InChI is InChI=1S/C26H29F2N5O2/c27-19-12-23(33(15-19)24(34)13-20-14-29-32-31-20)26(35)30-25(17-5-2-1-3-6-17)18-9-10-21(22(28)11-18)16-7-4-8-16/h1-3,5-6,9-11,14,16,19,23,25,29,31-32H,4,7-8,12-13,15H2,(H,30,35)/t19-,23+,25?/m1/s1. The van der Waals surface area contributed by atoms with Gasteiger partial charge in [-0.2, -0.15) is 5.53 Å². The maximum Gasteiger partial charge on any atom is 0.243 e. The Hall–Kier alpha value is -3.46. The third kappa shape index (κ3) is 5.00. The van der Waals surface area contributed by atoms with Gasteiger partial charge in [-0.05, 0) is 41.5 Å². The number of benzene rings is 2. The van der Waals surface area contributed by atoms with Crippen molar-refractivity contribution in [2.45, 2.75) is 56.3 Å². The highest BCUT2D eigenvalue weighted by molar-refractivity contribution is 5.89. The Morgan fingerprint density at radius 1 is 1.11 bits per heavy atom. The first-order valence-corrected chi connectivity index (χ1v) is 12.0. The summed E-state index contributed by atoms with van der Waals surface area (Å²) in [4.78, 5) is 27.6. The number of nitrogens with zero attached hydrogens (tertiary/aromatic N) is 1. The maximum atomic E-state index is 15.0. The lowest BCUT2D eigenvalue weighted by atomic mass is 9.79. The number of nitrogens with one attached hydrogen (secondary N) is 4. The van der Waals surface area contributed by atoms with Crippen LogP contribution in [0, 0.1) is 5.82 Å². The molecule has 4 N–H and O–H groups in total. The topological polar surface area (TPSA) is 85.5 Å². The van der Waals surface area contributed by atoms with Crippen molar-refractivity contribution in [3.8, 4) is 0 Å². The molecule has 3 atom stereocenters. The first-order chi connectivity index (χ1) is 17.0. The van der Waals surface area contributed by atoms with E-state index in [1.807, 2.05) is 42.5 Å². The molecule has 184 valence electrons. The molecule has 7 nitrogen and oxygen atoms in total. The second-order valence-corrected chi connectivity index (χ2v) is 9.40. The van der Waals surface area contributed by atoms with Gasteiger partial charge in [-0.3, -0.25) is 9.59 Å². The van der Waals surface area contributed by atoms with Crippen LogP contribution in [-0.4, -0.2) is 35.5 Å². The minimum absolute atomic E-state index is 0.00640. The molecule has 2 aromatic rings. The van der Waals surface area contributed by atoms with Gasteiger partial charge in [0.15, 0.2) is 0 Å². The van der Waals surface area contributed by atoms with E-state index in [2.05, 4.69) is 21.7 Å². The first-order valence-electron chi connectivity index (χ1n) is 12.0. The van der Waals surface area contributed by atoms with Gasteiger partial charge in [0.05, 0.1) is 24.7 Å². The number of hydrogen-bond donors (Lipinski definition) is 4. The summed E-state index contributed by atoms with van der Waals surface area (Å²) < 4.78 is 29.4. The van der Waals surface area contributed by atoms with E-state index < -0.39 is 24.2 Å². The molecular weight excluding hydrogens is 452 g/mol. The summed E-state index contributed by atoms with van der Waals surface area (Å²) in [6.45, 7) is -0.133. The highest BCUT2D eigenvalue weighted by Crippen LogP contribution is 2.38. The molecule has 35 heavy (non-hydrogen) atoms. The zero-order valence-electron chi connectivity index (χ0n) is 19.3. The number of hydrogen-bond acceptors (Lipinski definition) is 5. The maximum absolute atomic E-state index is 15.0. The van der Waals surface area contributed by atoms with Gasteiger partial charge in [0.2, 0.25) is 11.8 Å². The average Bonchev–Trinajstić information content (AvgIpc) is 3.47. The van der Waals surface area contributed by atoms with Gasteiger partial charge in [0.25, 0.3) is 0 Å². The van der Waals surface area contributed by atoms with Gasteiger partial charge >= 0.3 is 0 Å². The average molecular weight is 482 g/mol. The van der Waals surface area contributed by atoms with Crippen molar-refractivity contribution in [3.05, 3.63) is 82.9 Å². The van der Waals surface area contributed by atoms with E-state index in [1.54, 1.807) is 6.20 Å². The lowest BCUT2D eigenvalue weighted by Gasteiger charge is -2.28. The molecule has 9 heteroatoms. The molecule has 0 aromatic heterocycles. The number of halogens is 2. The number of alkyl halides is 1. The second kappa shape index (κ2) is 10.0. The molecular formula is C26H29F2N5O2. The van der Waals surface area contributed by atoms with Crippen molar-refractivity contribution in [2.75, 3.05) is 6.54 Å². The summed E-state index contributed by atoms with van der Waals surface area (Å²) in [6.07, 6.45) is 3.34. The summed E-state index contributed by atoms with van der Waals surface area (Å²) in [5, 5.41) is 2.97. The summed E-state index contributed by atoms with van der Waals surface area (Å²) in [5.74, 6) is -0.825. The number of hydrazine groups is 2. The number of rotatable bonds is 7. The molecule has 2 amide bonds. The van der Waals surface area contributed by atoms with E-state index >= 15 is 4.39 Å². The van der Waals surface area contributed by atoms with Crippen LogP contribution in [0.5, 0.6) is 0 Å². The Morgan fingerprint density at radius 2 is 1.91 bits per heavy atom. The summed E-state index contributed by atoms with van der Waals surface area (Å²) in [5.41, 5.74) is 10.9. The predicted molar refractivity (Wildman–Crippen MR) is 127 cm³/mol. The van der Waals surface area contributed by atoms with E-state index in [9.17, 15) is 14.0 Å². The molecule has 5 rings (SSSR count). The lowest BCUT2D eigenvalue weighted by Crippen LogP contribution is -2.47. The van der Waals surface area contributed by atoms with Crippen LogP contribution in [0.3, 0.4) is 0 Å². The molecule has 3 aliphatic rings. The Morgan fingerprint density at radius 3 is 2.57 bits per heavy atom. The SMILES string of the molecule is O=C(NC(c1ccccc1)c1ccc(C2CCC2)c(F)c1)[C@@H]1C[C@@H](F)CN1C(=O)CC1=CNNN1. The smallest absolute Gasteiger partial charge is 0.243 e. The zero-order valence-corrected chi connectivity index (χ0v) is 19.3. The van der Waals surface area contributed by atoms with Gasteiger partial charge in [-0.1, -0.05) is 48.9 Å². The van der Waals surface area contributed by atoms with Gasteiger partial charge in [0.1, 0.15) is 18.0 Å². The summed E-state index contributed by atoms with van der Waals surface area (Å²) >= 11 is 0. The van der Waals surface area contributed by atoms with Crippen LogP contribution >= 0.6 is 0 Å². The molecule has 1 unspecified atom stereocenters. The van der Waals surface area contributed by atoms with Crippen LogP contribution < -0.4 is 21.7 Å². The Labute approximate surface area is 202 Å². The van der Waals surface area contributed by atoms with E-state index in [-0.39, 0.29) is 37.0 Å². The third-order valence-corrected chi connectivity index (χ3v) is 7.08. The Balaban J connectivity index is 1.37. The second-order valence-electron chi connectivity index (χ2n) is 9.40. The zero-order chi connectivity index (χ0) is 24.4. The van der Waals surface area contributed by atoms with Crippen molar-refractivity contribution < 1.29 is 18.4 Å². The fourth-order valence-corrected chi connectivity index (χ4v) is 4.96. The van der Waals surface area contributed by atoms with Crippen molar-refractivity contribution in [3.63, 3.8) is 0 Å².